The van der Waals surface area contributed by atoms with Gasteiger partial charge in [-0.05, 0) is 43.9 Å². The van der Waals surface area contributed by atoms with Crippen molar-refractivity contribution < 1.29 is 0 Å². The highest BCUT2D eigenvalue weighted by Gasteiger charge is 2.18. The smallest absolute Gasteiger partial charge is 0.198 e. The first-order valence-electron chi connectivity index (χ1n) is 9.25. The Morgan fingerprint density at radius 1 is 1.11 bits per heavy atom. The zero-order valence-electron chi connectivity index (χ0n) is 16.2. The van der Waals surface area contributed by atoms with Gasteiger partial charge in [0, 0.05) is 13.5 Å². The second kappa shape index (κ2) is 7.95. The molecule has 0 aliphatic rings. The topological polar surface area (TPSA) is 38.9 Å². The average Bonchev–Trinajstić information content (AvgIpc) is 3.25. The summed E-state index contributed by atoms with van der Waals surface area (Å²) >= 11 is 7.37. The van der Waals surface area contributed by atoms with Crippen LogP contribution < -0.4 is 0 Å². The summed E-state index contributed by atoms with van der Waals surface area (Å²) in [5, 5.41) is 5.89. The lowest BCUT2D eigenvalue weighted by Crippen LogP contribution is -2.26. The lowest BCUT2D eigenvalue weighted by molar-refractivity contribution is 0.194. The Balaban J connectivity index is 1.53. The van der Waals surface area contributed by atoms with Crippen molar-refractivity contribution in [2.75, 3.05) is 7.05 Å². The number of benzene rings is 2. The Morgan fingerprint density at radius 3 is 2.57 bits per heavy atom. The first-order chi connectivity index (χ1) is 13.5. The van der Waals surface area contributed by atoms with Gasteiger partial charge < -0.3 is 4.57 Å². The van der Waals surface area contributed by atoms with Crippen molar-refractivity contribution >= 4 is 33.8 Å². The van der Waals surface area contributed by atoms with E-state index in [0.29, 0.717) is 6.67 Å². The van der Waals surface area contributed by atoms with E-state index in [4.69, 9.17) is 22.3 Å². The van der Waals surface area contributed by atoms with Crippen molar-refractivity contribution in [2.45, 2.75) is 26.1 Å². The van der Waals surface area contributed by atoms with Gasteiger partial charge >= 0.3 is 0 Å². The van der Waals surface area contributed by atoms with Gasteiger partial charge in [0.05, 0.1) is 22.9 Å². The molecule has 0 spiro atoms. The summed E-state index contributed by atoms with van der Waals surface area (Å²) in [6.45, 7) is 2.80. The molecule has 2 heterocycles. The van der Waals surface area contributed by atoms with E-state index in [9.17, 15) is 0 Å². The van der Waals surface area contributed by atoms with Gasteiger partial charge in [0.25, 0.3) is 0 Å². The number of rotatable bonds is 6. The summed E-state index contributed by atoms with van der Waals surface area (Å²) < 4.78 is 5.85. The molecule has 2 aromatic heterocycles. The van der Waals surface area contributed by atoms with E-state index in [1.165, 1.54) is 10.3 Å². The summed E-state index contributed by atoms with van der Waals surface area (Å²) in [7, 11) is 4.07. The zero-order valence-corrected chi connectivity index (χ0v) is 17.9. The monoisotopic (exact) mass is 409 g/mol. The second-order valence-corrected chi connectivity index (χ2v) is 8.44. The third-order valence-corrected chi connectivity index (χ3v) is 6.71. The van der Waals surface area contributed by atoms with E-state index < -0.39 is 0 Å². The quantitative estimate of drug-likeness (QED) is 0.429. The second-order valence-electron chi connectivity index (χ2n) is 7.01. The Kier molecular flexibility index (Phi) is 5.39. The van der Waals surface area contributed by atoms with Gasteiger partial charge in [-0.25, -0.2) is 9.67 Å². The van der Waals surface area contributed by atoms with Crippen molar-refractivity contribution in [3.63, 3.8) is 0 Å². The molecule has 4 aromatic rings. The molecule has 0 saturated carbocycles. The van der Waals surface area contributed by atoms with Crippen molar-refractivity contribution in [1.82, 2.24) is 24.2 Å². The number of para-hydroxylation sites is 1. The van der Waals surface area contributed by atoms with Crippen LogP contribution >= 0.6 is 23.6 Å². The minimum Gasteiger partial charge on any atom is -0.307 e. The van der Waals surface area contributed by atoms with Gasteiger partial charge in [0.1, 0.15) is 10.8 Å². The first kappa shape index (κ1) is 19.0. The normalized spacial score (nSPS) is 12.7. The lowest BCUT2D eigenvalue weighted by atomic mass is 10.1. The Morgan fingerprint density at radius 2 is 1.82 bits per heavy atom. The molecule has 0 aliphatic heterocycles. The number of aromatic nitrogens is 4. The number of thiazole rings is 1. The number of hydrogen-bond acceptors (Lipinski definition) is 5. The number of nitrogens with zero attached hydrogens (tertiary/aromatic N) is 5. The van der Waals surface area contributed by atoms with Crippen LogP contribution in [-0.4, -0.2) is 31.3 Å². The van der Waals surface area contributed by atoms with E-state index in [2.05, 4.69) is 49.2 Å². The van der Waals surface area contributed by atoms with Crippen LogP contribution in [0.25, 0.3) is 10.2 Å². The van der Waals surface area contributed by atoms with Gasteiger partial charge in [-0.1, -0.05) is 42.5 Å². The van der Waals surface area contributed by atoms with E-state index in [1.54, 1.807) is 11.3 Å². The predicted molar refractivity (Wildman–Crippen MR) is 117 cm³/mol. The lowest BCUT2D eigenvalue weighted by Gasteiger charge is -2.22. The van der Waals surface area contributed by atoms with Gasteiger partial charge in [0.15, 0.2) is 4.77 Å². The molecule has 5 nitrogen and oxygen atoms in total. The molecule has 144 valence electrons. The van der Waals surface area contributed by atoms with Crippen LogP contribution in [0.4, 0.5) is 0 Å². The molecule has 0 radical (unpaired) electrons. The SMILES string of the molecule is CC(c1nc2ccccc2s1)N(C)Cn1nc(Cc2ccccc2)n(C)c1=S. The van der Waals surface area contributed by atoms with E-state index in [1.807, 2.05) is 40.6 Å². The molecule has 7 heteroatoms. The van der Waals surface area contributed by atoms with Crippen molar-refractivity contribution in [3.8, 4) is 0 Å². The standard InChI is InChI=1S/C21H23N5S2/c1-15(20-22-17-11-7-8-12-18(17)28-20)24(2)14-26-21(27)25(3)19(23-26)13-16-9-5-4-6-10-16/h4-12,15H,13-14H2,1-3H3. The molecule has 0 saturated heterocycles. The molecule has 2 aromatic carbocycles. The van der Waals surface area contributed by atoms with E-state index in [0.717, 1.165) is 27.5 Å². The first-order valence-corrected chi connectivity index (χ1v) is 10.5. The molecule has 1 unspecified atom stereocenters. The van der Waals surface area contributed by atoms with Crippen molar-refractivity contribution in [3.05, 3.63) is 75.8 Å². The van der Waals surface area contributed by atoms with Crippen LogP contribution in [-0.2, 0) is 20.1 Å². The number of hydrogen-bond donors (Lipinski definition) is 0. The minimum atomic E-state index is 0.180. The molecule has 28 heavy (non-hydrogen) atoms. The highest BCUT2D eigenvalue weighted by Crippen LogP contribution is 2.29. The van der Waals surface area contributed by atoms with Gasteiger partial charge in [0.2, 0.25) is 0 Å². The molecule has 0 bridgehead atoms. The van der Waals surface area contributed by atoms with Crippen LogP contribution in [0.15, 0.2) is 54.6 Å². The Hall–Kier alpha value is -2.35. The fourth-order valence-corrected chi connectivity index (χ4v) is 4.44. The number of fused-ring (bicyclic) bond motifs is 1. The van der Waals surface area contributed by atoms with Crippen LogP contribution in [0.1, 0.15) is 29.4 Å². The third kappa shape index (κ3) is 3.78. The highest BCUT2D eigenvalue weighted by atomic mass is 32.1. The maximum Gasteiger partial charge on any atom is 0.198 e. The van der Waals surface area contributed by atoms with E-state index >= 15 is 0 Å². The largest absolute Gasteiger partial charge is 0.307 e. The molecular formula is C21H23N5S2. The molecule has 4 rings (SSSR count). The van der Waals surface area contributed by atoms with Crippen molar-refractivity contribution in [2.24, 2.45) is 7.05 Å². The van der Waals surface area contributed by atoms with Crippen LogP contribution in [0.3, 0.4) is 0 Å². The van der Waals surface area contributed by atoms with Gasteiger partial charge in [-0.15, -0.1) is 11.3 Å². The fourth-order valence-electron chi connectivity index (χ4n) is 3.15. The highest BCUT2D eigenvalue weighted by molar-refractivity contribution is 7.71. The summed E-state index contributed by atoms with van der Waals surface area (Å²) in [6, 6.07) is 18.8. The van der Waals surface area contributed by atoms with Gasteiger partial charge in [-0.3, -0.25) is 4.90 Å². The maximum atomic E-state index is 5.63. The average molecular weight is 410 g/mol. The van der Waals surface area contributed by atoms with E-state index in [-0.39, 0.29) is 6.04 Å². The molecule has 0 amide bonds. The summed E-state index contributed by atoms with van der Waals surface area (Å²) in [5.41, 5.74) is 2.29. The minimum absolute atomic E-state index is 0.180. The van der Waals surface area contributed by atoms with Crippen LogP contribution in [0.5, 0.6) is 0 Å². The zero-order chi connectivity index (χ0) is 19.7. The fraction of sp³-hybridized carbons (Fsp3) is 0.286. The molecule has 0 aliphatic carbocycles. The van der Waals surface area contributed by atoms with Gasteiger partial charge in [-0.2, -0.15) is 5.10 Å². The Bertz CT molecular complexity index is 1110. The predicted octanol–water partition coefficient (Wildman–Crippen LogP) is 4.80. The molecule has 1 atom stereocenters. The summed E-state index contributed by atoms with van der Waals surface area (Å²) in [6.07, 6.45) is 0.769. The molecule has 0 N–H and O–H groups in total. The maximum absolute atomic E-state index is 5.63. The van der Waals surface area contributed by atoms with Crippen LogP contribution in [0, 0.1) is 4.77 Å². The summed E-state index contributed by atoms with van der Waals surface area (Å²) in [4.78, 5) is 7.02. The van der Waals surface area contributed by atoms with Crippen LogP contribution in [0.2, 0.25) is 0 Å². The van der Waals surface area contributed by atoms with Crippen molar-refractivity contribution in [1.29, 1.82) is 0 Å². The third-order valence-electron chi connectivity index (χ3n) is 5.02. The Labute approximate surface area is 173 Å². The molecular weight excluding hydrogens is 386 g/mol. The molecule has 0 fully saturated rings. The summed E-state index contributed by atoms with van der Waals surface area (Å²) in [5.74, 6) is 0.970.